The minimum Gasteiger partial charge on any atom is -0.355 e. The Morgan fingerprint density at radius 2 is 1.00 bits per heavy atom. The van der Waals surface area contributed by atoms with Gasteiger partial charge in [0.25, 0.3) is 0 Å². The van der Waals surface area contributed by atoms with Crippen molar-refractivity contribution in [3.8, 4) is 0 Å². The summed E-state index contributed by atoms with van der Waals surface area (Å²) in [5.41, 5.74) is 0. The van der Waals surface area contributed by atoms with E-state index in [2.05, 4.69) is 38.2 Å². The molecule has 0 N–H and O–H groups in total. The Morgan fingerprint density at radius 3 is 1.58 bits per heavy atom. The van der Waals surface area contributed by atoms with Gasteiger partial charge >= 0.3 is 0 Å². The van der Waals surface area contributed by atoms with Crippen molar-refractivity contribution in [3.63, 3.8) is 0 Å². The van der Waals surface area contributed by atoms with Crippen LogP contribution in [0.3, 0.4) is 0 Å². The Morgan fingerprint density at radius 1 is 0.500 bits per heavy atom. The van der Waals surface area contributed by atoms with E-state index < -0.39 is 0 Å². The quantitative estimate of drug-likeness (QED) is 0.141. The van der Waals surface area contributed by atoms with E-state index in [4.69, 9.17) is 9.47 Å². The summed E-state index contributed by atoms with van der Waals surface area (Å²) in [6, 6.07) is 0. The fourth-order valence-corrected chi connectivity index (χ4v) is 2.50. The zero-order valence-corrected chi connectivity index (χ0v) is 16.4. The number of ether oxygens (including phenoxy) is 2. The molecule has 0 fully saturated rings. The predicted octanol–water partition coefficient (Wildman–Crippen LogP) is 7.20. The van der Waals surface area contributed by atoms with Crippen molar-refractivity contribution in [1.29, 1.82) is 0 Å². The molecule has 0 aliphatic heterocycles. The molecule has 0 unspecified atom stereocenters. The Bertz CT molecular complexity index is 271. The molecule has 0 heterocycles. The Kier molecular flexibility index (Phi) is 21.8. The van der Waals surface area contributed by atoms with Crippen LogP contribution in [-0.4, -0.2) is 20.0 Å². The van der Waals surface area contributed by atoms with Crippen LogP contribution in [0.2, 0.25) is 0 Å². The number of hydrogen-bond donors (Lipinski definition) is 0. The van der Waals surface area contributed by atoms with Crippen molar-refractivity contribution in [2.24, 2.45) is 0 Å². The minimum atomic E-state index is 0.441. The summed E-state index contributed by atoms with van der Waals surface area (Å²) in [6.45, 7) is 6.37. The Hall–Kier alpha value is -0.600. The van der Waals surface area contributed by atoms with Crippen molar-refractivity contribution < 1.29 is 9.47 Å². The number of hydrogen-bond acceptors (Lipinski definition) is 2. The number of allylic oxidation sites excluding steroid dienone is 3. The minimum absolute atomic E-state index is 0.441. The van der Waals surface area contributed by atoms with Gasteiger partial charge in [0, 0.05) is 6.61 Å². The summed E-state index contributed by atoms with van der Waals surface area (Å²) in [5.74, 6) is 0. The topological polar surface area (TPSA) is 18.5 Å². The monoisotopic (exact) mass is 338 g/mol. The van der Waals surface area contributed by atoms with Crippen LogP contribution in [0.5, 0.6) is 0 Å². The van der Waals surface area contributed by atoms with Crippen LogP contribution in [0.15, 0.2) is 24.3 Å². The molecule has 0 aromatic heterocycles. The van der Waals surface area contributed by atoms with E-state index in [1.165, 1.54) is 70.6 Å². The molecule has 0 aliphatic rings. The molecule has 142 valence electrons. The van der Waals surface area contributed by atoms with Crippen molar-refractivity contribution in [1.82, 2.24) is 0 Å². The van der Waals surface area contributed by atoms with Gasteiger partial charge in [-0.15, -0.1) is 0 Å². The Labute approximate surface area is 151 Å². The van der Waals surface area contributed by atoms with E-state index in [-0.39, 0.29) is 0 Å². The summed E-state index contributed by atoms with van der Waals surface area (Å²) in [5, 5.41) is 0. The lowest BCUT2D eigenvalue weighted by Crippen LogP contribution is -2.01. The SMILES string of the molecule is CCCC/C=C/CCCCCCCC/C=C\CCOCOCCC. The maximum Gasteiger partial charge on any atom is 0.146 e. The normalized spacial score (nSPS) is 11.9. The summed E-state index contributed by atoms with van der Waals surface area (Å²) >= 11 is 0. The molecule has 2 nitrogen and oxygen atoms in total. The van der Waals surface area contributed by atoms with Gasteiger partial charge in [-0.3, -0.25) is 0 Å². The molecular formula is C22H42O2. The third-order valence-corrected chi connectivity index (χ3v) is 3.99. The van der Waals surface area contributed by atoms with Crippen LogP contribution in [0, 0.1) is 0 Å². The van der Waals surface area contributed by atoms with Crippen LogP contribution in [0.25, 0.3) is 0 Å². The van der Waals surface area contributed by atoms with Crippen LogP contribution in [0.1, 0.15) is 97.3 Å². The van der Waals surface area contributed by atoms with E-state index in [1.807, 2.05) is 0 Å². The van der Waals surface area contributed by atoms with Gasteiger partial charge in [0.1, 0.15) is 6.79 Å². The van der Waals surface area contributed by atoms with E-state index in [0.717, 1.165) is 26.1 Å². The van der Waals surface area contributed by atoms with E-state index in [1.54, 1.807) is 0 Å². The fourth-order valence-electron chi connectivity index (χ4n) is 2.50. The maximum atomic E-state index is 5.38. The predicted molar refractivity (Wildman–Crippen MR) is 106 cm³/mol. The number of rotatable bonds is 19. The lowest BCUT2D eigenvalue weighted by Gasteiger charge is -2.02. The van der Waals surface area contributed by atoms with Gasteiger partial charge in [0.05, 0.1) is 6.61 Å². The summed E-state index contributed by atoms with van der Waals surface area (Å²) in [7, 11) is 0. The first-order valence-corrected chi connectivity index (χ1v) is 10.4. The largest absolute Gasteiger partial charge is 0.355 e. The molecular weight excluding hydrogens is 296 g/mol. The molecule has 0 saturated heterocycles. The van der Waals surface area contributed by atoms with Gasteiger partial charge in [-0.2, -0.15) is 0 Å². The molecule has 0 spiro atoms. The van der Waals surface area contributed by atoms with Gasteiger partial charge in [-0.25, -0.2) is 0 Å². The third-order valence-electron chi connectivity index (χ3n) is 3.99. The zero-order chi connectivity index (χ0) is 17.6. The first-order chi connectivity index (χ1) is 11.9. The van der Waals surface area contributed by atoms with Gasteiger partial charge in [-0.1, -0.05) is 76.7 Å². The highest BCUT2D eigenvalue weighted by molar-refractivity contribution is 4.82. The first-order valence-electron chi connectivity index (χ1n) is 10.4. The second-order valence-corrected chi connectivity index (χ2v) is 6.51. The molecule has 24 heavy (non-hydrogen) atoms. The number of unbranched alkanes of at least 4 members (excludes halogenated alkanes) is 9. The van der Waals surface area contributed by atoms with Crippen molar-refractivity contribution >= 4 is 0 Å². The standard InChI is InChI=1S/C22H42O2/c1-3-5-6-7-8-9-10-11-12-13-14-15-16-17-18-19-21-24-22-23-20-4-2/h7-8,17-18H,3-6,9-16,19-22H2,1-2H3/b8-7+,18-17-. The molecule has 0 aromatic rings. The van der Waals surface area contributed by atoms with Crippen LogP contribution in [0.4, 0.5) is 0 Å². The first kappa shape index (κ1) is 23.4. The fraction of sp³-hybridized carbons (Fsp3) is 0.818. The molecule has 0 bridgehead atoms. The molecule has 0 radical (unpaired) electrons. The van der Waals surface area contributed by atoms with E-state index in [9.17, 15) is 0 Å². The highest BCUT2D eigenvalue weighted by Gasteiger charge is 1.90. The van der Waals surface area contributed by atoms with Crippen LogP contribution in [-0.2, 0) is 9.47 Å². The van der Waals surface area contributed by atoms with Crippen molar-refractivity contribution in [2.75, 3.05) is 20.0 Å². The van der Waals surface area contributed by atoms with Gasteiger partial charge < -0.3 is 9.47 Å². The lowest BCUT2D eigenvalue weighted by atomic mass is 10.1. The second kappa shape index (κ2) is 22.4. The van der Waals surface area contributed by atoms with Crippen LogP contribution < -0.4 is 0 Å². The zero-order valence-electron chi connectivity index (χ0n) is 16.4. The summed E-state index contributed by atoms with van der Waals surface area (Å²) in [6.07, 6.45) is 26.0. The molecule has 0 aromatic carbocycles. The Balaban J connectivity index is 3.09. The molecule has 0 amide bonds. The molecule has 2 heteroatoms. The van der Waals surface area contributed by atoms with Gasteiger partial charge in [-0.05, 0) is 44.9 Å². The second-order valence-electron chi connectivity index (χ2n) is 6.51. The summed E-state index contributed by atoms with van der Waals surface area (Å²) < 4.78 is 10.6. The van der Waals surface area contributed by atoms with Crippen LogP contribution >= 0.6 is 0 Å². The molecule has 0 rings (SSSR count). The third kappa shape index (κ3) is 21.4. The molecule has 0 saturated carbocycles. The van der Waals surface area contributed by atoms with Gasteiger partial charge in [0.15, 0.2) is 0 Å². The average molecular weight is 339 g/mol. The van der Waals surface area contributed by atoms with Crippen molar-refractivity contribution in [3.05, 3.63) is 24.3 Å². The van der Waals surface area contributed by atoms with Crippen molar-refractivity contribution in [2.45, 2.75) is 97.3 Å². The highest BCUT2D eigenvalue weighted by atomic mass is 16.7. The lowest BCUT2D eigenvalue weighted by molar-refractivity contribution is -0.0519. The van der Waals surface area contributed by atoms with E-state index >= 15 is 0 Å². The summed E-state index contributed by atoms with van der Waals surface area (Å²) in [4.78, 5) is 0. The highest BCUT2D eigenvalue weighted by Crippen LogP contribution is 2.09. The molecule has 0 aliphatic carbocycles. The smallest absolute Gasteiger partial charge is 0.146 e. The molecule has 0 atom stereocenters. The van der Waals surface area contributed by atoms with E-state index in [0.29, 0.717) is 6.79 Å². The van der Waals surface area contributed by atoms with Gasteiger partial charge in [0.2, 0.25) is 0 Å². The maximum absolute atomic E-state index is 5.38. The average Bonchev–Trinajstić information content (AvgIpc) is 2.60.